The van der Waals surface area contributed by atoms with Crippen molar-refractivity contribution in [2.45, 2.75) is 37.3 Å². The van der Waals surface area contributed by atoms with Crippen LogP contribution in [0.1, 0.15) is 43.8 Å². The Morgan fingerprint density at radius 3 is 1.11 bits per heavy atom. The van der Waals surface area contributed by atoms with Gasteiger partial charge in [-0.25, -0.2) is 9.98 Å². The first-order chi connectivity index (χ1) is 43.4. The number of esters is 4. The molecule has 0 N–H and O–H groups in total. The summed E-state index contributed by atoms with van der Waals surface area (Å²) in [7, 11) is 0. The van der Waals surface area contributed by atoms with Gasteiger partial charge in [0.05, 0.1) is 24.9 Å². The van der Waals surface area contributed by atoms with E-state index in [0.717, 1.165) is 44.8 Å². The summed E-state index contributed by atoms with van der Waals surface area (Å²) >= 11 is 3.09. The van der Waals surface area contributed by atoms with Crippen molar-refractivity contribution in [1.29, 1.82) is 0 Å². The minimum Gasteiger partial charge on any atom is -0.459 e. The van der Waals surface area contributed by atoms with E-state index in [-0.39, 0.29) is 95.0 Å². The van der Waals surface area contributed by atoms with Crippen molar-refractivity contribution in [3.8, 4) is 9.75 Å². The number of carbonyl (C=O) groups excluding carboxylic acids is 4. The number of ether oxygens (including phenoxy) is 4. The Kier molecular flexibility index (Phi) is 13.3. The lowest BCUT2D eigenvalue weighted by atomic mass is 9.78. The highest BCUT2D eigenvalue weighted by Crippen LogP contribution is 2.65. The molecular formula is C72H42N2O12S3. The number of benzene rings is 8. The van der Waals surface area contributed by atoms with E-state index in [1.165, 1.54) is 12.1 Å². The van der Waals surface area contributed by atoms with E-state index < -0.39 is 61.8 Å². The lowest BCUT2D eigenvalue weighted by molar-refractivity contribution is -0.166. The Labute approximate surface area is 514 Å². The number of rotatable bonds is 14. The molecule has 430 valence electrons. The summed E-state index contributed by atoms with van der Waals surface area (Å²) in [5.74, 6) is -4.40. The third-order valence-electron chi connectivity index (χ3n) is 16.4. The van der Waals surface area contributed by atoms with Crippen LogP contribution in [0.4, 0.5) is 5.00 Å². The van der Waals surface area contributed by atoms with Crippen molar-refractivity contribution < 1.29 is 38.1 Å². The van der Waals surface area contributed by atoms with Gasteiger partial charge in [0, 0.05) is 43.1 Å². The van der Waals surface area contributed by atoms with Gasteiger partial charge in [-0.1, -0.05) is 170 Å². The zero-order valence-corrected chi connectivity index (χ0v) is 48.9. The SMILES string of the molecule is O=C(OCc1ccccc1)C1(C(=O)OCc2ccccc2)C(N=c2c(=O)c3cc4ccccc4cc3c2=O)=Cc2sc3c4c(sc3c21)-c1sc(N=c2c(=O)c3cc5ccccc5cc3c2=O)cc1C4(C(=O)OCc1ccccc1)C(=O)OCc1ccccc1. The Hall–Kier alpha value is -10.7. The summed E-state index contributed by atoms with van der Waals surface area (Å²) in [5.41, 5.74) is -5.62. The zero-order valence-electron chi connectivity index (χ0n) is 46.5. The largest absolute Gasteiger partial charge is 0.459 e. The highest BCUT2D eigenvalue weighted by molar-refractivity contribution is 7.33. The Bertz CT molecular complexity index is 5270. The fourth-order valence-electron chi connectivity index (χ4n) is 12.1. The van der Waals surface area contributed by atoms with Crippen molar-refractivity contribution in [1.82, 2.24) is 0 Å². The van der Waals surface area contributed by atoms with E-state index in [0.29, 0.717) is 42.8 Å². The van der Waals surface area contributed by atoms with Crippen molar-refractivity contribution >= 4 is 121 Å². The van der Waals surface area contributed by atoms with Gasteiger partial charge < -0.3 is 18.9 Å². The summed E-state index contributed by atoms with van der Waals surface area (Å²) in [6.45, 7) is -1.24. The molecule has 89 heavy (non-hydrogen) atoms. The molecule has 3 heterocycles. The molecule has 0 amide bonds. The van der Waals surface area contributed by atoms with E-state index >= 15 is 19.2 Å². The van der Waals surface area contributed by atoms with Gasteiger partial charge in [-0.05, 0) is 80.2 Å². The fourth-order valence-corrected chi connectivity index (χ4v) is 16.4. The molecule has 0 saturated carbocycles. The molecule has 2 aliphatic carbocycles. The zero-order chi connectivity index (χ0) is 60.7. The Morgan fingerprint density at radius 1 is 0.371 bits per heavy atom. The molecule has 0 atom stereocenters. The first-order valence-electron chi connectivity index (χ1n) is 28.1. The third kappa shape index (κ3) is 8.78. The topological polar surface area (TPSA) is 198 Å². The van der Waals surface area contributed by atoms with Crippen LogP contribution in [0.5, 0.6) is 0 Å². The predicted molar refractivity (Wildman–Crippen MR) is 342 cm³/mol. The molecule has 0 unspecified atom stereocenters. The average Bonchev–Trinajstić information content (AvgIpc) is 1.50. The maximum Gasteiger partial charge on any atom is 0.334 e. The minimum atomic E-state index is -2.69. The summed E-state index contributed by atoms with van der Waals surface area (Å²) in [4.78, 5) is 132. The molecule has 13 aromatic rings. The van der Waals surface area contributed by atoms with Crippen LogP contribution in [-0.4, -0.2) is 23.9 Å². The van der Waals surface area contributed by atoms with Gasteiger partial charge in [0.25, 0.3) is 0 Å². The van der Waals surface area contributed by atoms with E-state index in [4.69, 9.17) is 28.9 Å². The number of carbonyl (C=O) groups is 4. The molecule has 0 radical (unpaired) electrons. The number of nitrogens with zero attached hydrogens (tertiary/aromatic N) is 2. The molecule has 0 fully saturated rings. The summed E-state index contributed by atoms with van der Waals surface area (Å²) < 4.78 is 25.5. The minimum absolute atomic E-state index is 0.00333. The third-order valence-corrected chi connectivity index (χ3v) is 20.1. The van der Waals surface area contributed by atoms with Crippen LogP contribution in [0.25, 0.3) is 68.3 Å². The number of hydrogen-bond acceptors (Lipinski definition) is 17. The fraction of sp³-hybridized carbons (Fsp3) is 0.0833. The van der Waals surface area contributed by atoms with Gasteiger partial charge in [-0.3, -0.25) is 38.4 Å². The number of thiophene rings is 3. The van der Waals surface area contributed by atoms with E-state index in [1.54, 1.807) is 146 Å². The summed E-state index contributed by atoms with van der Waals surface area (Å²) in [5, 5.41) is 2.62. The van der Waals surface area contributed by atoms with Crippen LogP contribution in [0.15, 0.2) is 235 Å². The molecule has 14 nitrogen and oxygen atoms in total. The van der Waals surface area contributed by atoms with Crippen LogP contribution >= 0.6 is 34.0 Å². The number of hydrogen-bond donors (Lipinski definition) is 0. The smallest absolute Gasteiger partial charge is 0.334 e. The average molecular weight is 1220 g/mol. The maximum atomic E-state index is 15.9. The molecule has 0 saturated heterocycles. The van der Waals surface area contributed by atoms with Gasteiger partial charge in [0.1, 0.15) is 31.4 Å². The second-order valence-corrected chi connectivity index (χ2v) is 24.7. The summed E-state index contributed by atoms with van der Waals surface area (Å²) in [6, 6.07) is 57.9. The maximum absolute atomic E-state index is 15.9. The summed E-state index contributed by atoms with van der Waals surface area (Å²) in [6.07, 6.45) is 1.44. The van der Waals surface area contributed by atoms with Crippen LogP contribution in [0.2, 0.25) is 0 Å². The highest BCUT2D eigenvalue weighted by atomic mass is 32.1. The monoisotopic (exact) mass is 1220 g/mol. The first kappa shape index (κ1) is 54.9. The Balaban J connectivity index is 0.990. The lowest BCUT2D eigenvalue weighted by Crippen LogP contribution is -2.47. The first-order valence-corrected chi connectivity index (χ1v) is 30.6. The van der Waals surface area contributed by atoms with E-state index in [9.17, 15) is 19.2 Å². The lowest BCUT2D eigenvalue weighted by Gasteiger charge is -2.27. The van der Waals surface area contributed by atoms with E-state index in [2.05, 4.69) is 0 Å². The van der Waals surface area contributed by atoms with Crippen LogP contribution < -0.4 is 32.4 Å². The molecule has 2 aliphatic rings. The molecule has 0 aliphatic heterocycles. The van der Waals surface area contributed by atoms with Gasteiger partial charge in [0.15, 0.2) is 10.7 Å². The highest BCUT2D eigenvalue weighted by Gasteiger charge is 2.64. The van der Waals surface area contributed by atoms with Crippen LogP contribution in [0.3, 0.4) is 0 Å². The molecule has 3 aromatic heterocycles. The van der Waals surface area contributed by atoms with Crippen LogP contribution in [0, 0.1) is 0 Å². The van der Waals surface area contributed by atoms with Gasteiger partial charge in [-0.2, -0.15) is 0 Å². The predicted octanol–water partition coefficient (Wildman–Crippen LogP) is 11.5. The van der Waals surface area contributed by atoms with Gasteiger partial charge in [-0.15, -0.1) is 34.0 Å². The van der Waals surface area contributed by atoms with Crippen LogP contribution in [-0.2, 0) is 75.4 Å². The molecule has 0 bridgehead atoms. The van der Waals surface area contributed by atoms with Crippen molar-refractivity contribution in [2.24, 2.45) is 9.98 Å². The molecule has 0 spiro atoms. The van der Waals surface area contributed by atoms with Gasteiger partial charge in [0.2, 0.25) is 32.5 Å². The second-order valence-electron chi connectivity index (χ2n) is 21.6. The van der Waals surface area contributed by atoms with Crippen molar-refractivity contribution in [3.05, 3.63) is 301 Å². The molecule has 15 rings (SSSR count). The second kappa shape index (κ2) is 21.6. The normalized spacial score (nSPS) is 13.5. The molecular weight excluding hydrogens is 1180 g/mol. The molecule has 17 heteroatoms. The van der Waals surface area contributed by atoms with E-state index in [1.807, 2.05) is 48.5 Å². The quantitative estimate of drug-likeness (QED) is 0.0568. The van der Waals surface area contributed by atoms with Gasteiger partial charge >= 0.3 is 23.9 Å². The molecule has 10 aromatic carbocycles. The Morgan fingerprint density at radius 2 is 0.719 bits per heavy atom. The number of fused-ring (bicyclic) bond motifs is 11. The van der Waals surface area contributed by atoms with Crippen molar-refractivity contribution in [2.75, 3.05) is 0 Å². The standard InChI is InChI=1S/C72H42N2O12S3/c75-59-47-29-43-25-13-14-26-44(43)30-48(47)60(76)57(59)73-53-34-52-55(72(53,69(81)85-37-41-21-9-3-10-22-41)70(82)86-38-42-23-11-4-12-24-42)64-66(87-52)56-65(89-64)63-51(33-54(88-63)74-58-61(77)49-31-45-27-15-16-28-46(45)32-50(49)62(58)78)71(56,67(79)83-35-39-17-5-1-6-18-39)68(80)84-36-40-19-7-2-8-20-40/h1-34H,35-38H2. The van der Waals surface area contributed by atoms with Crippen molar-refractivity contribution in [3.63, 3.8) is 0 Å².